The number of hydrogen-bond donors (Lipinski definition) is 2. The summed E-state index contributed by atoms with van der Waals surface area (Å²) in [5.74, 6) is 0.724. The molecule has 9 heteroatoms. The average molecular weight is 485 g/mol. The van der Waals surface area contributed by atoms with E-state index in [0.29, 0.717) is 27.8 Å². The van der Waals surface area contributed by atoms with Crippen LogP contribution < -0.4 is 10.6 Å². The highest BCUT2D eigenvalue weighted by atomic mass is 35.5. The quantitative estimate of drug-likeness (QED) is 0.333. The maximum absolute atomic E-state index is 12.9. The van der Waals surface area contributed by atoms with Crippen molar-refractivity contribution in [2.24, 2.45) is 0 Å². The van der Waals surface area contributed by atoms with Crippen LogP contribution in [0, 0.1) is 0 Å². The Kier molecular flexibility index (Phi) is 6.98. The maximum atomic E-state index is 12.9. The summed E-state index contributed by atoms with van der Waals surface area (Å²) < 4.78 is 38.6. The van der Waals surface area contributed by atoms with Gasteiger partial charge < -0.3 is 10.6 Å². The summed E-state index contributed by atoms with van der Waals surface area (Å²) in [4.78, 5) is 21.5. The van der Waals surface area contributed by atoms with Gasteiger partial charge >= 0.3 is 6.18 Å². The van der Waals surface area contributed by atoms with Crippen LogP contribution in [0.25, 0.3) is 22.3 Å². The number of hydrogen-bond acceptors (Lipinski definition) is 4. The molecular weight excluding hydrogens is 465 g/mol. The fourth-order valence-corrected chi connectivity index (χ4v) is 3.64. The number of para-hydroxylation sites is 1. The van der Waals surface area contributed by atoms with E-state index >= 15 is 0 Å². The molecule has 34 heavy (non-hydrogen) atoms. The van der Waals surface area contributed by atoms with E-state index in [9.17, 15) is 18.0 Å². The highest BCUT2D eigenvalue weighted by Gasteiger charge is 2.30. The molecule has 3 aromatic carbocycles. The Morgan fingerprint density at radius 2 is 1.71 bits per heavy atom. The number of benzene rings is 3. The van der Waals surface area contributed by atoms with Crippen molar-refractivity contribution in [1.82, 2.24) is 15.3 Å². The summed E-state index contributed by atoms with van der Waals surface area (Å²) in [5.41, 5.74) is 1.05. The summed E-state index contributed by atoms with van der Waals surface area (Å²) in [6.45, 7) is 0.285. The summed E-state index contributed by atoms with van der Waals surface area (Å²) >= 11 is 6.31. The van der Waals surface area contributed by atoms with Crippen molar-refractivity contribution in [3.63, 3.8) is 0 Å². The van der Waals surface area contributed by atoms with Gasteiger partial charge in [0.25, 0.3) is 0 Å². The van der Waals surface area contributed by atoms with Crippen LogP contribution in [-0.2, 0) is 17.5 Å². The highest BCUT2D eigenvalue weighted by Crippen LogP contribution is 2.30. The van der Waals surface area contributed by atoms with Gasteiger partial charge in [0.05, 0.1) is 16.1 Å². The molecule has 1 amide bonds. The lowest BCUT2D eigenvalue weighted by molar-refractivity contribution is -0.137. The molecule has 0 aliphatic heterocycles. The molecule has 5 nitrogen and oxygen atoms in total. The van der Waals surface area contributed by atoms with Gasteiger partial charge in [0.2, 0.25) is 5.91 Å². The Hall–Kier alpha value is -3.65. The smallest absolute Gasteiger partial charge is 0.369 e. The summed E-state index contributed by atoms with van der Waals surface area (Å²) in [6.07, 6.45) is -4.31. The SMILES string of the molecule is O=C(CCNc1nc(-c2ccccc2Cl)nc2ccccc12)NCc1cccc(C(F)(F)F)c1. The Bertz CT molecular complexity index is 1330. The zero-order valence-electron chi connectivity index (χ0n) is 17.9. The highest BCUT2D eigenvalue weighted by molar-refractivity contribution is 6.33. The van der Waals surface area contributed by atoms with Crippen molar-refractivity contribution in [3.05, 3.63) is 88.9 Å². The fourth-order valence-electron chi connectivity index (χ4n) is 3.42. The van der Waals surface area contributed by atoms with Crippen molar-refractivity contribution in [3.8, 4) is 11.4 Å². The number of fused-ring (bicyclic) bond motifs is 1. The molecule has 0 aliphatic rings. The van der Waals surface area contributed by atoms with Gasteiger partial charge in [-0.15, -0.1) is 0 Å². The number of aromatic nitrogens is 2. The largest absolute Gasteiger partial charge is 0.416 e. The van der Waals surface area contributed by atoms with Gasteiger partial charge in [-0.2, -0.15) is 13.2 Å². The molecule has 1 heterocycles. The van der Waals surface area contributed by atoms with Crippen LogP contribution in [0.1, 0.15) is 17.5 Å². The molecule has 0 fully saturated rings. The van der Waals surface area contributed by atoms with Gasteiger partial charge in [0, 0.05) is 30.5 Å². The lowest BCUT2D eigenvalue weighted by Crippen LogP contribution is -2.25. The second kappa shape index (κ2) is 10.1. The normalized spacial score (nSPS) is 11.4. The fraction of sp³-hybridized carbons (Fsp3) is 0.160. The van der Waals surface area contributed by atoms with Gasteiger partial charge in [-0.1, -0.05) is 48.0 Å². The molecule has 1 aromatic heterocycles. The standard InChI is InChI=1S/C25H20ClF3N4O/c26-20-10-3-1-8-18(20)24-32-21-11-4-2-9-19(21)23(33-24)30-13-12-22(34)31-15-16-6-5-7-17(14-16)25(27,28)29/h1-11,14H,12-13,15H2,(H,31,34)(H,30,32,33). The number of halogens is 4. The number of rotatable bonds is 7. The van der Waals surface area contributed by atoms with Crippen LogP contribution in [0.2, 0.25) is 5.02 Å². The Balaban J connectivity index is 1.42. The molecule has 4 aromatic rings. The number of anilines is 1. The second-order valence-corrected chi connectivity index (χ2v) is 7.95. The van der Waals surface area contributed by atoms with Gasteiger partial charge in [0.15, 0.2) is 5.82 Å². The zero-order chi connectivity index (χ0) is 24.1. The molecule has 0 unspecified atom stereocenters. The number of carbonyl (C=O) groups excluding carboxylic acids is 1. The third-order valence-corrected chi connectivity index (χ3v) is 5.44. The minimum atomic E-state index is -4.42. The molecular formula is C25H20ClF3N4O. The van der Waals surface area contributed by atoms with Crippen LogP contribution in [0.4, 0.5) is 19.0 Å². The molecule has 0 bridgehead atoms. The number of nitrogens with one attached hydrogen (secondary N) is 2. The van der Waals surface area contributed by atoms with Crippen LogP contribution >= 0.6 is 11.6 Å². The van der Waals surface area contributed by atoms with Gasteiger partial charge in [-0.05, 0) is 42.0 Å². The van der Waals surface area contributed by atoms with E-state index in [1.54, 1.807) is 6.07 Å². The molecule has 2 N–H and O–H groups in total. The first-order valence-electron chi connectivity index (χ1n) is 10.5. The molecule has 0 spiro atoms. The topological polar surface area (TPSA) is 66.9 Å². The first-order valence-corrected chi connectivity index (χ1v) is 10.9. The molecule has 4 rings (SSSR count). The van der Waals surface area contributed by atoms with Gasteiger partial charge in [-0.3, -0.25) is 4.79 Å². The van der Waals surface area contributed by atoms with Crippen LogP contribution in [0.5, 0.6) is 0 Å². The summed E-state index contributed by atoms with van der Waals surface area (Å²) in [7, 11) is 0. The van der Waals surface area contributed by atoms with Crippen molar-refractivity contribution in [2.45, 2.75) is 19.1 Å². The number of alkyl halides is 3. The van der Waals surface area contributed by atoms with Crippen molar-refractivity contribution in [2.75, 3.05) is 11.9 Å². The maximum Gasteiger partial charge on any atom is 0.416 e. The predicted octanol–water partition coefficient (Wildman–Crippen LogP) is 6.09. The van der Waals surface area contributed by atoms with E-state index in [1.165, 1.54) is 12.1 Å². The van der Waals surface area contributed by atoms with Crippen LogP contribution in [0.3, 0.4) is 0 Å². The Labute approximate surface area is 199 Å². The molecule has 0 saturated carbocycles. The number of carbonyl (C=O) groups is 1. The molecule has 0 saturated heterocycles. The van der Waals surface area contributed by atoms with Gasteiger partial charge in [0.1, 0.15) is 5.82 Å². The van der Waals surface area contributed by atoms with Crippen LogP contribution in [0.15, 0.2) is 72.8 Å². The molecule has 0 radical (unpaired) electrons. The zero-order valence-corrected chi connectivity index (χ0v) is 18.6. The van der Waals surface area contributed by atoms with Crippen LogP contribution in [-0.4, -0.2) is 22.4 Å². The summed E-state index contributed by atoms with van der Waals surface area (Å²) in [5, 5.41) is 7.14. The molecule has 0 aliphatic carbocycles. The van der Waals surface area contributed by atoms with E-state index in [1.807, 2.05) is 42.5 Å². The van der Waals surface area contributed by atoms with Gasteiger partial charge in [-0.25, -0.2) is 9.97 Å². The minimum Gasteiger partial charge on any atom is -0.369 e. The van der Waals surface area contributed by atoms with Crippen molar-refractivity contribution >= 4 is 34.2 Å². The lowest BCUT2D eigenvalue weighted by atomic mass is 10.1. The number of nitrogens with zero attached hydrogens (tertiary/aromatic N) is 2. The monoisotopic (exact) mass is 484 g/mol. The molecule has 174 valence electrons. The van der Waals surface area contributed by atoms with E-state index in [-0.39, 0.29) is 25.4 Å². The second-order valence-electron chi connectivity index (χ2n) is 7.54. The van der Waals surface area contributed by atoms with E-state index in [4.69, 9.17) is 11.6 Å². The molecule has 0 atom stereocenters. The Morgan fingerprint density at radius 3 is 2.50 bits per heavy atom. The first-order chi connectivity index (χ1) is 16.3. The van der Waals surface area contributed by atoms with Crippen molar-refractivity contribution < 1.29 is 18.0 Å². The van der Waals surface area contributed by atoms with E-state index < -0.39 is 11.7 Å². The summed E-state index contributed by atoms with van der Waals surface area (Å²) in [6, 6.07) is 19.6. The van der Waals surface area contributed by atoms with E-state index in [2.05, 4.69) is 20.6 Å². The minimum absolute atomic E-state index is 0.00977. The van der Waals surface area contributed by atoms with E-state index in [0.717, 1.165) is 23.0 Å². The predicted molar refractivity (Wildman–Crippen MR) is 126 cm³/mol. The third-order valence-electron chi connectivity index (χ3n) is 5.11. The lowest BCUT2D eigenvalue weighted by Gasteiger charge is -2.12. The number of amides is 1. The first kappa shape index (κ1) is 23.5. The van der Waals surface area contributed by atoms with Crippen molar-refractivity contribution in [1.29, 1.82) is 0 Å². The third kappa shape index (κ3) is 5.63. The average Bonchev–Trinajstić information content (AvgIpc) is 2.82. The Morgan fingerprint density at radius 1 is 0.941 bits per heavy atom.